The van der Waals surface area contributed by atoms with E-state index in [9.17, 15) is 4.79 Å². The molecule has 2 nitrogen and oxygen atoms in total. The highest BCUT2D eigenvalue weighted by Crippen LogP contribution is 1.96. The monoisotopic (exact) mass is 118 g/mol. The number of carbonyl (C=O) groups excluding carboxylic acids is 1. The normalized spacial score (nSPS) is 15.7. The van der Waals surface area contributed by atoms with Crippen molar-refractivity contribution in [3.8, 4) is 0 Å². The summed E-state index contributed by atoms with van der Waals surface area (Å²) in [4.78, 5) is 9.96. The van der Waals surface area contributed by atoms with Crippen LogP contribution >= 0.6 is 13.5 Å². The molecule has 1 aliphatic rings. The molecule has 0 aromatic rings. The molecule has 3 heteroatoms. The Hall–Kier alpha value is -0.440. The zero-order valence-corrected chi connectivity index (χ0v) is 4.68. The van der Waals surface area contributed by atoms with Crippen molar-refractivity contribution in [2.45, 2.75) is 6.42 Å². The Bertz CT molecular complexity index is 87.9. The van der Waals surface area contributed by atoms with Gasteiger partial charge in [0.1, 0.15) is 0 Å². The van der Waals surface area contributed by atoms with Gasteiger partial charge in [-0.3, -0.25) is 4.79 Å². The topological polar surface area (TPSA) is 26.3 Å². The molecule has 1 heterocycles. The van der Waals surface area contributed by atoms with Gasteiger partial charge in [0.15, 0.2) is 0 Å². The summed E-state index contributed by atoms with van der Waals surface area (Å²) in [6.07, 6.45) is 3.53. The van der Waals surface area contributed by atoms with E-state index in [1.165, 1.54) is 6.26 Å². The maximum atomic E-state index is 9.96. The Balaban J connectivity index is 0.000000360. The van der Waals surface area contributed by atoms with Crippen molar-refractivity contribution < 1.29 is 9.53 Å². The molecule has 0 aromatic heterocycles. The molecule has 0 amide bonds. The molecule has 7 heavy (non-hydrogen) atoms. The number of hydrogen-bond acceptors (Lipinski definition) is 2. The first-order valence-electron chi connectivity index (χ1n) is 1.74. The molecule has 0 fully saturated rings. The third-order valence-corrected chi connectivity index (χ3v) is 0.580. The van der Waals surface area contributed by atoms with Gasteiger partial charge in [0.2, 0.25) is 0 Å². The molecule has 1 aliphatic heterocycles. The average Bonchev–Trinajstić information content (AvgIpc) is 1.86. The second kappa shape index (κ2) is 2.69. The van der Waals surface area contributed by atoms with Gasteiger partial charge in [-0.2, -0.15) is 13.5 Å². The van der Waals surface area contributed by atoms with E-state index in [4.69, 9.17) is 0 Å². The number of carbonyl (C=O) groups is 1. The Morgan fingerprint density at radius 3 is 2.57 bits per heavy atom. The van der Waals surface area contributed by atoms with Crippen LogP contribution in [0.4, 0.5) is 0 Å². The first-order chi connectivity index (χ1) is 2.89. The van der Waals surface area contributed by atoms with Crippen LogP contribution in [0.2, 0.25) is 0 Å². The third-order valence-electron chi connectivity index (χ3n) is 0.580. The minimum atomic E-state index is -0.157. The van der Waals surface area contributed by atoms with Gasteiger partial charge in [-0.05, 0) is 6.08 Å². The van der Waals surface area contributed by atoms with E-state index in [0.29, 0.717) is 6.42 Å². The lowest BCUT2D eigenvalue weighted by molar-refractivity contribution is -0.135. The second-order valence-electron chi connectivity index (χ2n) is 1.07. The number of rotatable bonds is 0. The molecule has 0 saturated heterocycles. The Kier molecular flexibility index (Phi) is 2.52. The van der Waals surface area contributed by atoms with Gasteiger partial charge < -0.3 is 4.74 Å². The lowest BCUT2D eigenvalue weighted by Crippen LogP contribution is -1.87. The predicted molar refractivity (Wildman–Crippen MR) is 30.2 cm³/mol. The standard InChI is InChI=1S/C4H4O2.H2S/c5-4-2-1-3-6-4;/h1,3H,2H2;1H2. The maximum absolute atomic E-state index is 9.96. The number of cyclic esters (lactones) is 1. The molecule has 0 unspecified atom stereocenters. The Morgan fingerprint density at radius 2 is 2.43 bits per heavy atom. The molecule has 1 rings (SSSR count). The largest absolute Gasteiger partial charge is 0.435 e. The number of ether oxygens (including phenoxy) is 1. The molecule has 0 N–H and O–H groups in total. The molecular weight excluding hydrogens is 112 g/mol. The molecule has 0 aromatic carbocycles. The van der Waals surface area contributed by atoms with Crippen molar-refractivity contribution in [3.63, 3.8) is 0 Å². The SMILES string of the molecule is O=C1CC=CO1.S. The summed E-state index contributed by atoms with van der Waals surface area (Å²) in [5.74, 6) is -0.157. The minimum absolute atomic E-state index is 0. The highest BCUT2D eigenvalue weighted by molar-refractivity contribution is 7.59. The smallest absolute Gasteiger partial charge is 0.314 e. The van der Waals surface area contributed by atoms with Crippen LogP contribution in [0.3, 0.4) is 0 Å². The molecule has 40 valence electrons. The lowest BCUT2D eigenvalue weighted by Gasteiger charge is -1.78. The fourth-order valence-electron chi connectivity index (χ4n) is 0.316. The summed E-state index contributed by atoms with van der Waals surface area (Å²) in [5, 5.41) is 0. The van der Waals surface area contributed by atoms with Crippen LogP contribution in [0, 0.1) is 0 Å². The number of hydrogen-bond donors (Lipinski definition) is 0. The number of esters is 1. The van der Waals surface area contributed by atoms with Gasteiger partial charge in [-0.25, -0.2) is 0 Å². The zero-order chi connectivity index (χ0) is 4.41. The van der Waals surface area contributed by atoms with Crippen molar-refractivity contribution in [2.24, 2.45) is 0 Å². The summed E-state index contributed by atoms with van der Waals surface area (Å²) in [6, 6.07) is 0. The van der Waals surface area contributed by atoms with E-state index in [-0.39, 0.29) is 19.5 Å². The van der Waals surface area contributed by atoms with Crippen LogP contribution in [-0.4, -0.2) is 5.97 Å². The van der Waals surface area contributed by atoms with E-state index < -0.39 is 0 Å². The molecule has 0 saturated carbocycles. The lowest BCUT2D eigenvalue weighted by atomic mass is 10.5. The van der Waals surface area contributed by atoms with Crippen molar-refractivity contribution >= 4 is 19.5 Å². The third kappa shape index (κ3) is 1.64. The Labute approximate surface area is 48.6 Å². The molecular formula is C4H6O2S. The summed E-state index contributed by atoms with van der Waals surface area (Å²) in [6.45, 7) is 0. The van der Waals surface area contributed by atoms with E-state index in [1.54, 1.807) is 6.08 Å². The van der Waals surface area contributed by atoms with E-state index in [1.807, 2.05) is 0 Å². The first kappa shape index (κ1) is 6.56. The highest BCUT2D eigenvalue weighted by atomic mass is 32.1. The van der Waals surface area contributed by atoms with Crippen LogP contribution < -0.4 is 0 Å². The highest BCUT2D eigenvalue weighted by Gasteiger charge is 2.00. The van der Waals surface area contributed by atoms with E-state index >= 15 is 0 Å². The summed E-state index contributed by atoms with van der Waals surface area (Å²) in [5.41, 5.74) is 0. The van der Waals surface area contributed by atoms with Crippen LogP contribution in [0.25, 0.3) is 0 Å². The van der Waals surface area contributed by atoms with Gasteiger partial charge in [0, 0.05) is 0 Å². The fraction of sp³-hybridized carbons (Fsp3) is 0.250. The molecule has 0 spiro atoms. The maximum Gasteiger partial charge on any atom is 0.314 e. The molecule has 0 atom stereocenters. The summed E-state index contributed by atoms with van der Waals surface area (Å²) >= 11 is 0. The van der Waals surface area contributed by atoms with Crippen molar-refractivity contribution in [3.05, 3.63) is 12.3 Å². The predicted octanol–water partition coefficient (Wildman–Crippen LogP) is 0.560. The van der Waals surface area contributed by atoms with Crippen LogP contribution in [0.15, 0.2) is 12.3 Å². The van der Waals surface area contributed by atoms with Gasteiger partial charge >= 0.3 is 5.97 Å². The van der Waals surface area contributed by atoms with Crippen molar-refractivity contribution in [1.29, 1.82) is 0 Å². The van der Waals surface area contributed by atoms with Gasteiger partial charge in [-0.15, -0.1) is 0 Å². The quantitative estimate of drug-likeness (QED) is 0.434. The van der Waals surface area contributed by atoms with E-state index in [0.717, 1.165) is 0 Å². The van der Waals surface area contributed by atoms with Crippen molar-refractivity contribution in [2.75, 3.05) is 0 Å². The molecule has 0 bridgehead atoms. The second-order valence-corrected chi connectivity index (χ2v) is 1.07. The van der Waals surface area contributed by atoms with Crippen LogP contribution in [0.1, 0.15) is 6.42 Å². The molecule has 0 radical (unpaired) electrons. The van der Waals surface area contributed by atoms with E-state index in [2.05, 4.69) is 4.74 Å². The van der Waals surface area contributed by atoms with Crippen LogP contribution in [-0.2, 0) is 9.53 Å². The zero-order valence-electron chi connectivity index (χ0n) is 3.68. The summed E-state index contributed by atoms with van der Waals surface area (Å²) < 4.78 is 4.33. The average molecular weight is 118 g/mol. The van der Waals surface area contributed by atoms with Gasteiger partial charge in [0.05, 0.1) is 12.7 Å². The minimum Gasteiger partial charge on any atom is -0.435 e. The van der Waals surface area contributed by atoms with Gasteiger partial charge in [0.25, 0.3) is 0 Å². The van der Waals surface area contributed by atoms with Crippen molar-refractivity contribution in [1.82, 2.24) is 0 Å². The first-order valence-corrected chi connectivity index (χ1v) is 1.74. The summed E-state index contributed by atoms with van der Waals surface area (Å²) in [7, 11) is 0. The Morgan fingerprint density at radius 1 is 1.71 bits per heavy atom. The fourth-order valence-corrected chi connectivity index (χ4v) is 0.316. The van der Waals surface area contributed by atoms with Crippen LogP contribution in [0.5, 0.6) is 0 Å². The molecule has 0 aliphatic carbocycles. The van der Waals surface area contributed by atoms with Gasteiger partial charge in [-0.1, -0.05) is 0 Å².